The SMILES string of the molecule is CN=C(P)/C=C(C)\C=C(/C)P. The third-order valence-electron chi connectivity index (χ3n) is 1.09. The van der Waals surface area contributed by atoms with Crippen LogP contribution < -0.4 is 0 Å². The number of hydrogen-bond acceptors (Lipinski definition) is 1. The zero-order valence-corrected chi connectivity index (χ0v) is 9.57. The third kappa shape index (κ3) is 6.41. The zero-order chi connectivity index (χ0) is 8.85. The smallest absolute Gasteiger partial charge is 0.0513 e. The van der Waals surface area contributed by atoms with Crippen LogP contribution in [0.2, 0.25) is 0 Å². The Labute approximate surface area is 73.5 Å². The van der Waals surface area contributed by atoms with E-state index in [1.165, 1.54) is 10.9 Å². The quantitative estimate of drug-likeness (QED) is 0.358. The van der Waals surface area contributed by atoms with Crippen LogP contribution in [0, 0.1) is 0 Å². The highest BCUT2D eigenvalue weighted by Gasteiger charge is 1.85. The van der Waals surface area contributed by atoms with Crippen molar-refractivity contribution in [1.82, 2.24) is 0 Å². The van der Waals surface area contributed by atoms with Crippen LogP contribution in [-0.2, 0) is 0 Å². The molecule has 0 aromatic rings. The highest BCUT2D eigenvalue weighted by atomic mass is 31.0. The molecule has 0 N–H and O–H groups in total. The van der Waals surface area contributed by atoms with Crippen LogP contribution in [0.1, 0.15) is 13.8 Å². The summed E-state index contributed by atoms with van der Waals surface area (Å²) in [5.41, 5.74) is 2.19. The van der Waals surface area contributed by atoms with E-state index in [9.17, 15) is 0 Å². The molecule has 2 atom stereocenters. The van der Waals surface area contributed by atoms with Crippen molar-refractivity contribution in [2.24, 2.45) is 4.99 Å². The Kier molecular flexibility index (Phi) is 5.64. The van der Waals surface area contributed by atoms with Crippen molar-refractivity contribution in [1.29, 1.82) is 0 Å². The van der Waals surface area contributed by atoms with Crippen LogP contribution >= 0.6 is 18.5 Å². The molecular weight excluding hydrogens is 172 g/mol. The Balaban J connectivity index is 4.36. The molecule has 0 aliphatic rings. The van der Waals surface area contributed by atoms with Crippen LogP contribution in [0.15, 0.2) is 28.0 Å². The molecule has 0 aromatic heterocycles. The molecule has 0 saturated heterocycles. The average Bonchev–Trinajstić information content (AvgIpc) is 1.85. The van der Waals surface area contributed by atoms with Gasteiger partial charge in [-0.05, 0) is 25.5 Å². The number of rotatable bonds is 2. The van der Waals surface area contributed by atoms with E-state index in [1.807, 2.05) is 13.0 Å². The van der Waals surface area contributed by atoms with E-state index in [4.69, 9.17) is 0 Å². The van der Waals surface area contributed by atoms with Gasteiger partial charge in [0.05, 0.1) is 5.45 Å². The van der Waals surface area contributed by atoms with E-state index in [2.05, 4.69) is 36.5 Å². The first-order valence-electron chi connectivity index (χ1n) is 3.40. The summed E-state index contributed by atoms with van der Waals surface area (Å²) < 4.78 is 0. The van der Waals surface area contributed by atoms with Crippen LogP contribution in [0.4, 0.5) is 0 Å². The Morgan fingerprint density at radius 2 is 1.73 bits per heavy atom. The Morgan fingerprint density at radius 1 is 1.18 bits per heavy atom. The minimum Gasteiger partial charge on any atom is -0.289 e. The van der Waals surface area contributed by atoms with Crippen molar-refractivity contribution in [2.75, 3.05) is 7.05 Å². The lowest BCUT2D eigenvalue weighted by atomic mass is 10.2. The van der Waals surface area contributed by atoms with E-state index in [0.717, 1.165) is 5.45 Å². The van der Waals surface area contributed by atoms with E-state index >= 15 is 0 Å². The van der Waals surface area contributed by atoms with Gasteiger partial charge in [0, 0.05) is 7.05 Å². The predicted molar refractivity (Wildman–Crippen MR) is 60.3 cm³/mol. The lowest BCUT2D eigenvalue weighted by Gasteiger charge is -1.93. The second-order valence-electron chi connectivity index (χ2n) is 2.43. The second kappa shape index (κ2) is 5.63. The van der Waals surface area contributed by atoms with Crippen LogP contribution in [0.3, 0.4) is 0 Å². The summed E-state index contributed by atoms with van der Waals surface area (Å²) in [7, 11) is 7.01. The lowest BCUT2D eigenvalue weighted by molar-refractivity contribution is 1.45. The number of hydrogen-bond donors (Lipinski definition) is 0. The topological polar surface area (TPSA) is 12.4 Å². The standard InChI is InChI=1S/C8H15NP2/c1-6(4-7(2)10)5-8(11)9-3/h4-5H,10-11H2,1-3H3/b6-5-,7-4+,9-8?. The first-order chi connectivity index (χ1) is 5.06. The molecule has 0 amide bonds. The van der Waals surface area contributed by atoms with E-state index in [0.29, 0.717) is 0 Å². The molecule has 11 heavy (non-hydrogen) atoms. The normalized spacial score (nSPS) is 15.5. The Hall–Kier alpha value is 0.01000. The average molecular weight is 187 g/mol. The van der Waals surface area contributed by atoms with Crippen molar-refractivity contribution in [2.45, 2.75) is 13.8 Å². The minimum atomic E-state index is 0.977. The molecule has 0 aromatic carbocycles. The largest absolute Gasteiger partial charge is 0.289 e. The Bertz CT molecular complexity index is 210. The van der Waals surface area contributed by atoms with Crippen LogP contribution in [0.5, 0.6) is 0 Å². The van der Waals surface area contributed by atoms with Gasteiger partial charge in [0.2, 0.25) is 0 Å². The molecular formula is C8H15NP2. The van der Waals surface area contributed by atoms with Crippen molar-refractivity contribution >= 4 is 23.9 Å². The fourth-order valence-electron chi connectivity index (χ4n) is 0.699. The fraction of sp³-hybridized carbons (Fsp3) is 0.375. The van der Waals surface area contributed by atoms with Gasteiger partial charge in [-0.3, -0.25) is 4.99 Å². The fourth-order valence-corrected chi connectivity index (χ4v) is 1.22. The van der Waals surface area contributed by atoms with Gasteiger partial charge in [-0.2, -0.15) is 0 Å². The van der Waals surface area contributed by atoms with E-state index < -0.39 is 0 Å². The highest BCUT2D eigenvalue weighted by molar-refractivity contribution is 7.41. The highest BCUT2D eigenvalue weighted by Crippen LogP contribution is 2.08. The summed E-state index contributed by atoms with van der Waals surface area (Å²) in [6, 6.07) is 0. The van der Waals surface area contributed by atoms with Crippen molar-refractivity contribution in [3.63, 3.8) is 0 Å². The summed E-state index contributed by atoms with van der Waals surface area (Å²) >= 11 is 0. The molecule has 0 radical (unpaired) electrons. The summed E-state index contributed by atoms with van der Waals surface area (Å²) in [6.07, 6.45) is 4.12. The number of allylic oxidation sites excluding steroid dienone is 4. The summed E-state index contributed by atoms with van der Waals surface area (Å²) in [4.78, 5) is 4.00. The predicted octanol–water partition coefficient (Wildman–Crippen LogP) is 2.62. The van der Waals surface area contributed by atoms with Crippen molar-refractivity contribution < 1.29 is 0 Å². The number of nitrogens with zero attached hydrogens (tertiary/aromatic N) is 1. The monoisotopic (exact) mass is 187 g/mol. The maximum absolute atomic E-state index is 4.00. The first kappa shape index (κ1) is 11.0. The van der Waals surface area contributed by atoms with Gasteiger partial charge < -0.3 is 0 Å². The molecule has 0 spiro atoms. The number of aliphatic imine (C=N–C) groups is 1. The molecule has 0 rings (SSSR count). The molecule has 62 valence electrons. The Morgan fingerprint density at radius 3 is 2.09 bits per heavy atom. The maximum atomic E-state index is 4.00. The minimum absolute atomic E-state index is 0.977. The van der Waals surface area contributed by atoms with Gasteiger partial charge in [0.15, 0.2) is 0 Å². The molecule has 0 heterocycles. The third-order valence-corrected chi connectivity index (χ3v) is 1.68. The maximum Gasteiger partial charge on any atom is 0.0513 e. The van der Waals surface area contributed by atoms with E-state index in [1.54, 1.807) is 7.05 Å². The zero-order valence-electron chi connectivity index (χ0n) is 7.26. The van der Waals surface area contributed by atoms with Gasteiger partial charge in [0.25, 0.3) is 0 Å². The van der Waals surface area contributed by atoms with Gasteiger partial charge in [-0.1, -0.05) is 20.6 Å². The second-order valence-corrected chi connectivity index (χ2v) is 3.93. The molecule has 1 nitrogen and oxygen atoms in total. The lowest BCUT2D eigenvalue weighted by Crippen LogP contribution is -1.80. The van der Waals surface area contributed by atoms with Gasteiger partial charge >= 0.3 is 0 Å². The molecule has 0 aliphatic heterocycles. The summed E-state index contributed by atoms with van der Waals surface area (Å²) in [6.45, 7) is 4.11. The summed E-state index contributed by atoms with van der Waals surface area (Å²) in [5, 5.41) is 1.23. The van der Waals surface area contributed by atoms with Crippen LogP contribution in [-0.4, -0.2) is 12.5 Å². The van der Waals surface area contributed by atoms with Gasteiger partial charge in [-0.25, -0.2) is 0 Å². The molecule has 0 saturated carbocycles. The summed E-state index contributed by atoms with van der Waals surface area (Å²) in [5.74, 6) is 0. The van der Waals surface area contributed by atoms with Crippen molar-refractivity contribution in [3.05, 3.63) is 23.0 Å². The molecule has 0 bridgehead atoms. The van der Waals surface area contributed by atoms with Crippen LogP contribution in [0.25, 0.3) is 0 Å². The molecule has 2 unspecified atom stereocenters. The molecule has 0 fully saturated rings. The molecule has 0 aliphatic carbocycles. The van der Waals surface area contributed by atoms with E-state index in [-0.39, 0.29) is 0 Å². The van der Waals surface area contributed by atoms with Crippen molar-refractivity contribution in [3.8, 4) is 0 Å². The molecule has 3 heteroatoms. The van der Waals surface area contributed by atoms with Gasteiger partial charge in [0.1, 0.15) is 0 Å². The van der Waals surface area contributed by atoms with Gasteiger partial charge in [-0.15, -0.1) is 9.24 Å². The first-order valence-corrected chi connectivity index (χ1v) is 4.56.